The first kappa shape index (κ1) is 14.8. The highest BCUT2D eigenvalue weighted by Crippen LogP contribution is 2.29. The molecule has 19 heavy (non-hydrogen) atoms. The molecule has 2 fully saturated rings. The Morgan fingerprint density at radius 1 is 1.32 bits per heavy atom. The van der Waals surface area contributed by atoms with Crippen molar-refractivity contribution in [2.75, 3.05) is 19.7 Å². The summed E-state index contributed by atoms with van der Waals surface area (Å²) in [5.74, 6) is 0.728. The molecule has 0 aromatic heterocycles. The molecule has 1 amide bonds. The number of amides is 1. The summed E-state index contributed by atoms with van der Waals surface area (Å²) in [5, 5.41) is 0. The monoisotopic (exact) mass is 268 g/mol. The van der Waals surface area contributed by atoms with Crippen LogP contribution in [0.5, 0.6) is 0 Å². The highest BCUT2D eigenvalue weighted by atomic mass is 16.5. The van der Waals surface area contributed by atoms with Gasteiger partial charge in [-0.05, 0) is 38.5 Å². The van der Waals surface area contributed by atoms with Gasteiger partial charge >= 0.3 is 0 Å². The lowest BCUT2D eigenvalue weighted by atomic mass is 9.77. The smallest absolute Gasteiger partial charge is 0.227 e. The molecular weight excluding hydrogens is 240 g/mol. The molecule has 1 aliphatic heterocycles. The molecule has 1 heterocycles. The van der Waals surface area contributed by atoms with Gasteiger partial charge in [-0.2, -0.15) is 0 Å². The molecule has 1 aliphatic carbocycles. The number of hydrogen-bond acceptors (Lipinski definition) is 3. The molecule has 4 nitrogen and oxygen atoms in total. The van der Waals surface area contributed by atoms with Crippen molar-refractivity contribution in [3.8, 4) is 0 Å². The fourth-order valence-electron chi connectivity index (χ4n) is 3.37. The van der Waals surface area contributed by atoms with Crippen molar-refractivity contribution in [2.24, 2.45) is 17.6 Å². The summed E-state index contributed by atoms with van der Waals surface area (Å²) >= 11 is 0. The summed E-state index contributed by atoms with van der Waals surface area (Å²) in [7, 11) is 0. The summed E-state index contributed by atoms with van der Waals surface area (Å²) in [6, 6.07) is 0.0276. The predicted molar refractivity (Wildman–Crippen MR) is 75.7 cm³/mol. The molecule has 4 unspecified atom stereocenters. The Hall–Kier alpha value is -0.610. The van der Waals surface area contributed by atoms with Crippen molar-refractivity contribution >= 4 is 5.91 Å². The summed E-state index contributed by atoms with van der Waals surface area (Å²) < 4.78 is 5.65. The van der Waals surface area contributed by atoms with E-state index in [1.165, 1.54) is 0 Å². The van der Waals surface area contributed by atoms with Gasteiger partial charge in [0, 0.05) is 25.7 Å². The van der Waals surface area contributed by atoms with Crippen LogP contribution in [0.1, 0.15) is 46.0 Å². The van der Waals surface area contributed by atoms with E-state index in [1.807, 2.05) is 11.8 Å². The van der Waals surface area contributed by atoms with Crippen LogP contribution in [0.4, 0.5) is 0 Å². The quantitative estimate of drug-likeness (QED) is 0.845. The van der Waals surface area contributed by atoms with Gasteiger partial charge in [0.1, 0.15) is 0 Å². The number of ether oxygens (including phenoxy) is 1. The van der Waals surface area contributed by atoms with Crippen LogP contribution in [0.2, 0.25) is 0 Å². The highest BCUT2D eigenvalue weighted by Gasteiger charge is 2.35. The zero-order valence-electron chi connectivity index (χ0n) is 12.3. The van der Waals surface area contributed by atoms with Gasteiger partial charge in [-0.1, -0.05) is 13.3 Å². The summed E-state index contributed by atoms with van der Waals surface area (Å²) in [5.41, 5.74) is 6.25. The third-order valence-corrected chi connectivity index (χ3v) is 4.75. The summed E-state index contributed by atoms with van der Waals surface area (Å²) in [6.07, 6.45) is 5.67. The van der Waals surface area contributed by atoms with Crippen molar-refractivity contribution in [2.45, 2.75) is 58.1 Å². The second-order valence-electron chi connectivity index (χ2n) is 6.10. The fraction of sp³-hybridized carbons (Fsp3) is 0.933. The van der Waals surface area contributed by atoms with Gasteiger partial charge in [0.15, 0.2) is 0 Å². The maximum atomic E-state index is 12.7. The van der Waals surface area contributed by atoms with Crippen LogP contribution in [0, 0.1) is 11.8 Å². The van der Waals surface area contributed by atoms with Crippen molar-refractivity contribution < 1.29 is 9.53 Å². The van der Waals surface area contributed by atoms with E-state index in [2.05, 4.69) is 6.92 Å². The summed E-state index contributed by atoms with van der Waals surface area (Å²) in [6.45, 7) is 6.56. The lowest BCUT2D eigenvalue weighted by Gasteiger charge is -2.36. The Balaban J connectivity index is 1.94. The Morgan fingerprint density at radius 2 is 2.11 bits per heavy atom. The minimum atomic E-state index is 0.0186. The second-order valence-corrected chi connectivity index (χ2v) is 6.10. The topological polar surface area (TPSA) is 55.6 Å². The largest absolute Gasteiger partial charge is 0.376 e. The van der Waals surface area contributed by atoms with Gasteiger partial charge in [0.2, 0.25) is 5.91 Å². The third-order valence-electron chi connectivity index (χ3n) is 4.75. The first-order valence-electron chi connectivity index (χ1n) is 7.79. The number of carbonyl (C=O) groups is 1. The van der Waals surface area contributed by atoms with Gasteiger partial charge in [0.05, 0.1) is 12.0 Å². The predicted octanol–water partition coefficient (Wildman–Crippen LogP) is 1.78. The van der Waals surface area contributed by atoms with Crippen molar-refractivity contribution in [3.05, 3.63) is 0 Å². The molecule has 0 aromatic rings. The van der Waals surface area contributed by atoms with Crippen molar-refractivity contribution in [1.29, 1.82) is 0 Å². The number of nitrogens with zero attached hydrogens (tertiary/aromatic N) is 1. The molecule has 0 aromatic carbocycles. The Morgan fingerprint density at radius 3 is 2.74 bits per heavy atom. The molecule has 0 spiro atoms. The zero-order valence-corrected chi connectivity index (χ0v) is 12.3. The minimum absolute atomic E-state index is 0.0186. The minimum Gasteiger partial charge on any atom is -0.376 e. The normalized spacial score (nSPS) is 35.3. The van der Waals surface area contributed by atoms with E-state index >= 15 is 0 Å². The van der Waals surface area contributed by atoms with Crippen LogP contribution in [0.15, 0.2) is 0 Å². The average Bonchev–Trinajstić information content (AvgIpc) is 2.91. The standard InChI is InChI=1S/C15H28N2O2/c1-3-17(10-12-7-5-9-19-12)15(18)13-8-4-6-11(2)14(13)16/h11-14H,3-10,16H2,1-2H3. The average molecular weight is 268 g/mol. The zero-order chi connectivity index (χ0) is 13.8. The molecule has 1 saturated carbocycles. The van der Waals surface area contributed by atoms with E-state index < -0.39 is 0 Å². The molecule has 4 atom stereocenters. The lowest BCUT2D eigenvalue weighted by molar-refractivity contribution is -0.139. The molecule has 2 rings (SSSR count). The van der Waals surface area contributed by atoms with E-state index in [1.54, 1.807) is 0 Å². The Bertz CT molecular complexity index is 303. The van der Waals surface area contributed by atoms with Crippen LogP contribution in [-0.4, -0.2) is 42.6 Å². The van der Waals surface area contributed by atoms with Gasteiger partial charge in [-0.15, -0.1) is 0 Å². The molecule has 110 valence electrons. The first-order valence-corrected chi connectivity index (χ1v) is 7.79. The van der Waals surface area contributed by atoms with E-state index in [0.717, 1.165) is 51.8 Å². The second kappa shape index (κ2) is 6.71. The maximum absolute atomic E-state index is 12.7. The SMILES string of the molecule is CCN(CC1CCCO1)C(=O)C1CCCC(C)C1N. The van der Waals surface area contributed by atoms with Crippen LogP contribution in [-0.2, 0) is 9.53 Å². The van der Waals surface area contributed by atoms with Crippen LogP contribution < -0.4 is 5.73 Å². The van der Waals surface area contributed by atoms with Crippen molar-refractivity contribution in [3.63, 3.8) is 0 Å². The third kappa shape index (κ3) is 3.48. The van der Waals surface area contributed by atoms with E-state index in [9.17, 15) is 4.79 Å². The molecule has 4 heteroatoms. The molecule has 2 aliphatic rings. The van der Waals surface area contributed by atoms with Gasteiger partial charge in [-0.25, -0.2) is 0 Å². The number of carbonyl (C=O) groups excluding carboxylic acids is 1. The van der Waals surface area contributed by atoms with Crippen LogP contribution >= 0.6 is 0 Å². The van der Waals surface area contributed by atoms with Gasteiger partial charge < -0.3 is 15.4 Å². The first-order chi connectivity index (χ1) is 9.13. The number of hydrogen-bond donors (Lipinski definition) is 1. The number of rotatable bonds is 4. The number of nitrogens with two attached hydrogens (primary N) is 1. The Kier molecular flexibility index (Phi) is 5.22. The van der Waals surface area contributed by atoms with E-state index in [4.69, 9.17) is 10.5 Å². The van der Waals surface area contributed by atoms with Crippen molar-refractivity contribution in [1.82, 2.24) is 4.90 Å². The molecular formula is C15H28N2O2. The molecule has 2 N–H and O–H groups in total. The maximum Gasteiger partial charge on any atom is 0.227 e. The molecule has 0 radical (unpaired) electrons. The fourth-order valence-corrected chi connectivity index (χ4v) is 3.37. The Labute approximate surface area is 116 Å². The van der Waals surface area contributed by atoms with E-state index in [-0.39, 0.29) is 24.0 Å². The van der Waals surface area contributed by atoms with Gasteiger partial charge in [-0.3, -0.25) is 4.79 Å². The molecule has 0 bridgehead atoms. The summed E-state index contributed by atoms with van der Waals surface area (Å²) in [4.78, 5) is 14.6. The van der Waals surface area contributed by atoms with Crippen LogP contribution in [0.25, 0.3) is 0 Å². The molecule has 1 saturated heterocycles. The highest BCUT2D eigenvalue weighted by molar-refractivity contribution is 5.79. The van der Waals surface area contributed by atoms with Gasteiger partial charge in [0.25, 0.3) is 0 Å². The lowest BCUT2D eigenvalue weighted by Crippen LogP contribution is -2.50. The van der Waals surface area contributed by atoms with Crippen LogP contribution in [0.3, 0.4) is 0 Å². The van der Waals surface area contributed by atoms with E-state index in [0.29, 0.717) is 5.92 Å². The number of likely N-dealkylation sites (N-methyl/N-ethyl adjacent to an activating group) is 1.